The molecule has 3 rings (SSSR count). The Morgan fingerprint density at radius 3 is 2.47 bits per heavy atom. The summed E-state index contributed by atoms with van der Waals surface area (Å²) in [7, 11) is 0. The highest BCUT2D eigenvalue weighted by Gasteiger charge is 2.07. The van der Waals surface area contributed by atoms with Crippen LogP contribution < -0.4 is 5.63 Å². The summed E-state index contributed by atoms with van der Waals surface area (Å²) < 4.78 is 7.45. The molecule has 0 bridgehead atoms. The van der Waals surface area contributed by atoms with Gasteiger partial charge in [-0.25, -0.2) is 4.79 Å². The molecule has 0 radical (unpaired) electrons. The maximum atomic E-state index is 12.0. The number of halogens is 2. The Kier molecular flexibility index (Phi) is 3.45. The van der Waals surface area contributed by atoms with Crippen molar-refractivity contribution < 1.29 is 4.42 Å². The lowest BCUT2D eigenvalue weighted by Gasteiger charge is -2.03. The van der Waals surface area contributed by atoms with Crippen molar-refractivity contribution in [3.05, 3.63) is 67.0 Å². The molecule has 1 heterocycles. The van der Waals surface area contributed by atoms with Gasteiger partial charge in [0.15, 0.2) is 0 Å². The second-order valence-electron chi connectivity index (χ2n) is 4.14. The molecule has 0 aliphatic carbocycles. The molecule has 0 aliphatic rings. The van der Waals surface area contributed by atoms with E-state index in [2.05, 4.69) is 38.5 Å². The minimum absolute atomic E-state index is 0.309. The van der Waals surface area contributed by atoms with Gasteiger partial charge in [-0.3, -0.25) is 0 Å². The predicted molar refractivity (Wildman–Crippen MR) is 88.3 cm³/mol. The van der Waals surface area contributed by atoms with E-state index in [-0.39, 0.29) is 5.63 Å². The molecular formula is C15H8BrIO2. The molecule has 2 nitrogen and oxygen atoms in total. The van der Waals surface area contributed by atoms with Crippen molar-refractivity contribution in [1.82, 2.24) is 0 Å². The molecule has 0 amide bonds. The molecular weight excluding hydrogens is 419 g/mol. The molecule has 0 unspecified atom stereocenters. The summed E-state index contributed by atoms with van der Waals surface area (Å²) in [5.74, 6) is 0. The van der Waals surface area contributed by atoms with Gasteiger partial charge in [-0.2, -0.15) is 0 Å². The van der Waals surface area contributed by atoms with E-state index in [0.29, 0.717) is 11.1 Å². The summed E-state index contributed by atoms with van der Waals surface area (Å²) in [6, 6.07) is 15.3. The summed E-state index contributed by atoms with van der Waals surface area (Å²) in [4.78, 5) is 12.0. The monoisotopic (exact) mass is 426 g/mol. The van der Waals surface area contributed by atoms with Crippen LogP contribution in [0.25, 0.3) is 22.1 Å². The van der Waals surface area contributed by atoms with Crippen LogP contribution in [-0.2, 0) is 0 Å². The lowest BCUT2D eigenvalue weighted by Crippen LogP contribution is -2.02. The molecule has 0 atom stereocenters. The Hall–Kier alpha value is -1.14. The van der Waals surface area contributed by atoms with E-state index >= 15 is 0 Å². The fraction of sp³-hybridized carbons (Fsp3) is 0. The number of hydrogen-bond donors (Lipinski definition) is 0. The second-order valence-corrected chi connectivity index (χ2v) is 6.30. The summed E-state index contributed by atoms with van der Waals surface area (Å²) >= 11 is 5.66. The van der Waals surface area contributed by atoms with E-state index in [4.69, 9.17) is 4.42 Å². The third-order valence-corrected chi connectivity index (χ3v) is 4.06. The number of hydrogen-bond acceptors (Lipinski definition) is 2. The first-order valence-corrected chi connectivity index (χ1v) is 7.50. The molecule has 0 N–H and O–H groups in total. The van der Waals surface area contributed by atoms with E-state index in [1.54, 1.807) is 6.07 Å². The van der Waals surface area contributed by atoms with Gasteiger partial charge >= 0.3 is 5.63 Å². The molecule has 3 aromatic rings. The third-order valence-electron chi connectivity index (χ3n) is 2.85. The van der Waals surface area contributed by atoms with E-state index < -0.39 is 0 Å². The van der Waals surface area contributed by atoms with Crippen LogP contribution in [0.3, 0.4) is 0 Å². The van der Waals surface area contributed by atoms with Crippen molar-refractivity contribution in [3.63, 3.8) is 0 Å². The first-order valence-electron chi connectivity index (χ1n) is 5.63. The first-order chi connectivity index (χ1) is 9.13. The lowest BCUT2D eigenvalue weighted by molar-refractivity contribution is 0.563. The van der Waals surface area contributed by atoms with Crippen molar-refractivity contribution in [2.24, 2.45) is 0 Å². The second kappa shape index (κ2) is 5.09. The lowest BCUT2D eigenvalue weighted by atomic mass is 10.1. The maximum absolute atomic E-state index is 12.0. The molecule has 1 aromatic heterocycles. The van der Waals surface area contributed by atoms with Crippen LogP contribution in [-0.4, -0.2) is 0 Å². The zero-order valence-electron chi connectivity index (χ0n) is 9.69. The van der Waals surface area contributed by atoms with Gasteiger partial charge in [0.2, 0.25) is 0 Å². The number of rotatable bonds is 1. The van der Waals surface area contributed by atoms with Crippen LogP contribution in [0.5, 0.6) is 0 Å². The van der Waals surface area contributed by atoms with Crippen LogP contribution in [0.2, 0.25) is 0 Å². The first kappa shape index (κ1) is 12.9. The van der Waals surface area contributed by atoms with E-state index in [1.165, 1.54) is 0 Å². The number of benzene rings is 2. The van der Waals surface area contributed by atoms with Crippen molar-refractivity contribution in [1.29, 1.82) is 0 Å². The fourth-order valence-corrected chi connectivity index (χ4v) is 2.66. The average molecular weight is 427 g/mol. The van der Waals surface area contributed by atoms with Gasteiger partial charge in [0.05, 0.1) is 5.56 Å². The van der Waals surface area contributed by atoms with Crippen molar-refractivity contribution in [3.8, 4) is 11.1 Å². The molecule has 0 saturated carbocycles. The molecule has 19 heavy (non-hydrogen) atoms. The highest BCUT2D eigenvalue weighted by Crippen LogP contribution is 2.24. The third kappa shape index (κ3) is 2.60. The Morgan fingerprint density at radius 2 is 1.74 bits per heavy atom. The van der Waals surface area contributed by atoms with E-state index in [9.17, 15) is 4.79 Å². The SMILES string of the molecule is O=c1oc2ccc(Br)cc2cc1-c1ccc(I)cc1. The Bertz CT molecular complexity index is 806. The minimum atomic E-state index is -0.309. The molecule has 0 saturated heterocycles. The summed E-state index contributed by atoms with van der Waals surface area (Å²) in [5.41, 5.74) is 1.75. The molecule has 0 spiro atoms. The number of fused-ring (bicyclic) bond motifs is 1. The maximum Gasteiger partial charge on any atom is 0.344 e. The van der Waals surface area contributed by atoms with Gasteiger partial charge in [0.25, 0.3) is 0 Å². The van der Waals surface area contributed by atoms with Crippen molar-refractivity contribution in [2.75, 3.05) is 0 Å². The molecule has 2 aromatic carbocycles. The van der Waals surface area contributed by atoms with Crippen molar-refractivity contribution >= 4 is 49.5 Å². The van der Waals surface area contributed by atoms with Gasteiger partial charge < -0.3 is 4.42 Å². The predicted octanol–water partition coefficient (Wildman–Crippen LogP) is 4.83. The van der Waals surface area contributed by atoms with Crippen LogP contribution in [0.1, 0.15) is 0 Å². The Balaban J connectivity index is 2.26. The largest absolute Gasteiger partial charge is 0.422 e. The van der Waals surface area contributed by atoms with E-state index in [0.717, 1.165) is 19.0 Å². The molecule has 0 aliphatic heterocycles. The molecule has 94 valence electrons. The summed E-state index contributed by atoms with van der Waals surface area (Å²) in [6.45, 7) is 0. The molecule has 0 fully saturated rings. The minimum Gasteiger partial charge on any atom is -0.422 e. The van der Waals surface area contributed by atoms with Crippen LogP contribution in [0.4, 0.5) is 0 Å². The Morgan fingerprint density at radius 1 is 1.00 bits per heavy atom. The van der Waals surface area contributed by atoms with Crippen LogP contribution in [0, 0.1) is 3.57 Å². The van der Waals surface area contributed by atoms with E-state index in [1.807, 2.05) is 42.5 Å². The van der Waals surface area contributed by atoms with Gasteiger partial charge in [0, 0.05) is 13.4 Å². The van der Waals surface area contributed by atoms with Gasteiger partial charge in [0.1, 0.15) is 5.58 Å². The summed E-state index contributed by atoms with van der Waals surface area (Å²) in [5, 5.41) is 0.905. The van der Waals surface area contributed by atoms with Crippen LogP contribution in [0.15, 0.2) is 62.2 Å². The quantitative estimate of drug-likeness (QED) is 0.412. The molecule has 4 heteroatoms. The van der Waals surface area contributed by atoms with Gasteiger partial charge in [-0.1, -0.05) is 28.1 Å². The van der Waals surface area contributed by atoms with Crippen molar-refractivity contribution in [2.45, 2.75) is 0 Å². The standard InChI is InChI=1S/C15H8BrIO2/c16-11-3-6-14-10(7-11)8-13(15(18)19-14)9-1-4-12(17)5-2-9/h1-8H. The zero-order chi connectivity index (χ0) is 13.4. The summed E-state index contributed by atoms with van der Waals surface area (Å²) in [6.07, 6.45) is 0. The fourth-order valence-electron chi connectivity index (χ4n) is 1.92. The highest BCUT2D eigenvalue weighted by atomic mass is 127. The topological polar surface area (TPSA) is 30.2 Å². The highest BCUT2D eigenvalue weighted by molar-refractivity contribution is 14.1. The zero-order valence-corrected chi connectivity index (χ0v) is 13.4. The van der Waals surface area contributed by atoms with Gasteiger partial charge in [-0.15, -0.1) is 0 Å². The Labute approximate surface area is 131 Å². The smallest absolute Gasteiger partial charge is 0.344 e. The van der Waals surface area contributed by atoms with Gasteiger partial charge in [-0.05, 0) is 64.6 Å². The van der Waals surface area contributed by atoms with Crippen LogP contribution >= 0.6 is 38.5 Å². The normalized spacial score (nSPS) is 10.8. The average Bonchev–Trinajstić information content (AvgIpc) is 2.40.